The summed E-state index contributed by atoms with van der Waals surface area (Å²) in [7, 11) is 2.20. The van der Waals surface area contributed by atoms with Gasteiger partial charge in [-0.2, -0.15) is 5.26 Å². The van der Waals surface area contributed by atoms with E-state index in [2.05, 4.69) is 29.1 Å². The van der Waals surface area contributed by atoms with Crippen molar-refractivity contribution >= 4 is 0 Å². The molecular weight excluding hydrogens is 210 g/mol. The van der Waals surface area contributed by atoms with Crippen molar-refractivity contribution in [3.63, 3.8) is 0 Å². The van der Waals surface area contributed by atoms with Crippen molar-refractivity contribution in [1.82, 2.24) is 9.88 Å². The average Bonchev–Trinajstić information content (AvgIpc) is 2.63. The molecule has 3 heterocycles. The largest absolute Gasteiger partial charge is 0.300 e. The lowest BCUT2D eigenvalue weighted by molar-refractivity contribution is 0.135. The number of pyridine rings is 1. The topological polar surface area (TPSA) is 39.9 Å². The molecule has 1 aromatic heterocycles. The highest BCUT2D eigenvalue weighted by atomic mass is 15.2. The summed E-state index contributed by atoms with van der Waals surface area (Å²) in [4.78, 5) is 6.64. The van der Waals surface area contributed by atoms with E-state index < -0.39 is 0 Å². The third-order valence-corrected chi connectivity index (χ3v) is 4.58. The number of hydrogen-bond acceptors (Lipinski definition) is 3. The molecule has 1 aromatic rings. The van der Waals surface area contributed by atoms with E-state index in [0.29, 0.717) is 12.1 Å². The lowest BCUT2D eigenvalue weighted by Gasteiger charge is -2.41. The number of aromatic nitrogens is 1. The van der Waals surface area contributed by atoms with Gasteiger partial charge in [0.15, 0.2) is 0 Å². The molecule has 0 amide bonds. The summed E-state index contributed by atoms with van der Waals surface area (Å²) in [6, 6.07) is 7.74. The van der Waals surface area contributed by atoms with Crippen molar-refractivity contribution in [3.8, 4) is 6.07 Å². The van der Waals surface area contributed by atoms with E-state index in [0.717, 1.165) is 18.4 Å². The van der Waals surface area contributed by atoms with Crippen molar-refractivity contribution in [3.05, 3.63) is 30.1 Å². The highest BCUT2D eigenvalue weighted by molar-refractivity contribution is 5.33. The molecule has 3 rings (SSSR count). The van der Waals surface area contributed by atoms with Crippen molar-refractivity contribution < 1.29 is 0 Å². The Labute approximate surface area is 102 Å². The van der Waals surface area contributed by atoms with Gasteiger partial charge >= 0.3 is 0 Å². The van der Waals surface area contributed by atoms with Gasteiger partial charge in [-0.25, -0.2) is 0 Å². The smallest absolute Gasteiger partial charge is 0.0866 e. The molecule has 3 nitrogen and oxygen atoms in total. The molecule has 17 heavy (non-hydrogen) atoms. The lowest BCUT2D eigenvalue weighted by atomic mass is 9.72. The van der Waals surface area contributed by atoms with Crippen LogP contribution in [0.2, 0.25) is 0 Å². The molecule has 0 aromatic carbocycles. The summed E-state index contributed by atoms with van der Waals surface area (Å²) in [6.07, 6.45) is 8.05. The number of nitriles is 1. The molecule has 2 unspecified atom stereocenters. The van der Waals surface area contributed by atoms with E-state index in [4.69, 9.17) is 0 Å². The number of piperidine rings is 1. The standard InChI is InChI=1S/C14H17N3/c1-17-12-4-5-13(17)8-14(7-12,10-15)11-3-2-6-16-9-11/h2-3,6,9,12-13H,4-5,7-8H2,1H3. The van der Waals surface area contributed by atoms with Crippen LogP contribution >= 0.6 is 0 Å². The zero-order chi connectivity index (χ0) is 11.9. The first-order chi connectivity index (χ1) is 8.25. The zero-order valence-electron chi connectivity index (χ0n) is 10.1. The van der Waals surface area contributed by atoms with Gasteiger partial charge < -0.3 is 4.90 Å². The highest BCUT2D eigenvalue weighted by Gasteiger charge is 2.48. The van der Waals surface area contributed by atoms with Gasteiger partial charge in [0.05, 0.1) is 11.5 Å². The maximum atomic E-state index is 9.65. The maximum absolute atomic E-state index is 9.65. The first kappa shape index (κ1) is 10.7. The minimum Gasteiger partial charge on any atom is -0.300 e. The number of nitrogens with zero attached hydrogens (tertiary/aromatic N) is 3. The lowest BCUT2D eigenvalue weighted by Crippen LogP contribution is -2.47. The van der Waals surface area contributed by atoms with Crippen molar-refractivity contribution in [2.75, 3.05) is 7.05 Å². The predicted octanol–water partition coefficient (Wildman–Crippen LogP) is 2.10. The van der Waals surface area contributed by atoms with Crippen LogP contribution in [0.4, 0.5) is 0 Å². The van der Waals surface area contributed by atoms with E-state index in [1.807, 2.05) is 12.3 Å². The fraction of sp³-hybridized carbons (Fsp3) is 0.571. The van der Waals surface area contributed by atoms with E-state index in [9.17, 15) is 5.26 Å². The summed E-state index contributed by atoms with van der Waals surface area (Å²) in [5, 5.41) is 9.65. The van der Waals surface area contributed by atoms with Gasteiger partial charge in [-0.3, -0.25) is 4.98 Å². The van der Waals surface area contributed by atoms with E-state index >= 15 is 0 Å². The van der Waals surface area contributed by atoms with E-state index in [1.165, 1.54) is 12.8 Å². The second kappa shape index (κ2) is 3.82. The molecule has 0 saturated carbocycles. The van der Waals surface area contributed by atoms with Gasteiger partial charge in [0.2, 0.25) is 0 Å². The molecule has 0 radical (unpaired) electrons. The molecule has 0 aliphatic carbocycles. The molecule has 0 spiro atoms. The number of hydrogen-bond donors (Lipinski definition) is 0. The van der Waals surface area contributed by atoms with Crippen LogP contribution in [-0.2, 0) is 5.41 Å². The molecule has 2 aliphatic rings. The summed E-state index contributed by atoms with van der Waals surface area (Å²) in [5.74, 6) is 0. The Morgan fingerprint density at radius 2 is 2.12 bits per heavy atom. The molecule has 3 heteroatoms. The van der Waals surface area contributed by atoms with Gasteiger partial charge in [0.25, 0.3) is 0 Å². The van der Waals surface area contributed by atoms with Crippen molar-refractivity contribution in [1.29, 1.82) is 5.26 Å². The van der Waals surface area contributed by atoms with Crippen molar-refractivity contribution in [2.45, 2.75) is 43.2 Å². The second-order valence-corrected chi connectivity index (χ2v) is 5.39. The number of rotatable bonds is 1. The molecule has 0 N–H and O–H groups in total. The Hall–Kier alpha value is -1.40. The van der Waals surface area contributed by atoms with E-state index in [1.54, 1.807) is 6.20 Å². The van der Waals surface area contributed by atoms with Crippen LogP contribution in [0, 0.1) is 11.3 Å². The molecule has 2 atom stereocenters. The molecule has 2 saturated heterocycles. The summed E-state index contributed by atoms with van der Waals surface area (Å²) >= 11 is 0. The Kier molecular flexibility index (Phi) is 2.41. The maximum Gasteiger partial charge on any atom is 0.0866 e. The molecular formula is C14H17N3. The van der Waals surface area contributed by atoms with Gasteiger partial charge in [-0.1, -0.05) is 6.07 Å². The van der Waals surface area contributed by atoms with Gasteiger partial charge in [0.1, 0.15) is 0 Å². The zero-order valence-corrected chi connectivity index (χ0v) is 10.1. The van der Waals surface area contributed by atoms with Crippen LogP contribution in [0.1, 0.15) is 31.2 Å². The van der Waals surface area contributed by atoms with Crippen LogP contribution in [0.3, 0.4) is 0 Å². The Balaban J connectivity index is 1.98. The van der Waals surface area contributed by atoms with Crippen LogP contribution in [0.15, 0.2) is 24.5 Å². The van der Waals surface area contributed by atoms with Gasteiger partial charge in [0, 0.05) is 24.5 Å². The van der Waals surface area contributed by atoms with Crippen LogP contribution < -0.4 is 0 Å². The van der Waals surface area contributed by atoms with E-state index in [-0.39, 0.29) is 5.41 Å². The average molecular weight is 227 g/mol. The first-order valence-electron chi connectivity index (χ1n) is 6.29. The Bertz CT molecular complexity index is 434. The predicted molar refractivity (Wildman–Crippen MR) is 65.3 cm³/mol. The number of fused-ring (bicyclic) bond motifs is 2. The fourth-order valence-corrected chi connectivity index (χ4v) is 3.51. The molecule has 2 bridgehead atoms. The normalized spacial score (nSPS) is 36.7. The monoisotopic (exact) mass is 227 g/mol. The van der Waals surface area contributed by atoms with Crippen LogP contribution in [0.5, 0.6) is 0 Å². The third-order valence-electron chi connectivity index (χ3n) is 4.58. The minimum absolute atomic E-state index is 0.299. The first-order valence-corrected chi connectivity index (χ1v) is 6.29. The van der Waals surface area contributed by atoms with Gasteiger partial charge in [-0.15, -0.1) is 0 Å². The molecule has 88 valence electrons. The molecule has 2 aliphatic heterocycles. The minimum atomic E-state index is -0.299. The Morgan fingerprint density at radius 1 is 1.41 bits per heavy atom. The third kappa shape index (κ3) is 1.56. The van der Waals surface area contributed by atoms with Gasteiger partial charge in [-0.05, 0) is 44.4 Å². The summed E-state index contributed by atoms with van der Waals surface area (Å²) < 4.78 is 0. The highest BCUT2D eigenvalue weighted by Crippen LogP contribution is 2.45. The van der Waals surface area contributed by atoms with Crippen LogP contribution in [0.25, 0.3) is 0 Å². The quantitative estimate of drug-likeness (QED) is 0.737. The Morgan fingerprint density at radius 3 is 2.65 bits per heavy atom. The molecule has 2 fully saturated rings. The summed E-state index contributed by atoms with van der Waals surface area (Å²) in [6.45, 7) is 0. The SMILES string of the molecule is CN1C2CCC1CC(C#N)(c1cccnc1)C2. The second-order valence-electron chi connectivity index (χ2n) is 5.39. The van der Waals surface area contributed by atoms with Crippen molar-refractivity contribution in [2.24, 2.45) is 0 Å². The summed E-state index contributed by atoms with van der Waals surface area (Å²) in [5.41, 5.74) is 0.805. The fourth-order valence-electron chi connectivity index (χ4n) is 3.51. The van der Waals surface area contributed by atoms with Crippen LogP contribution in [-0.4, -0.2) is 29.0 Å².